The van der Waals surface area contributed by atoms with Gasteiger partial charge in [0.2, 0.25) is 5.60 Å². The van der Waals surface area contributed by atoms with E-state index in [1.54, 1.807) is 78.2 Å². The van der Waals surface area contributed by atoms with E-state index >= 15 is 0 Å². The van der Waals surface area contributed by atoms with E-state index in [9.17, 15) is 24.0 Å². The van der Waals surface area contributed by atoms with Gasteiger partial charge in [0.1, 0.15) is 12.6 Å². The van der Waals surface area contributed by atoms with Crippen LogP contribution in [0.4, 0.5) is 0 Å². The minimum absolute atomic E-state index is 0.0430. The largest absolute Gasteiger partial charge is 0.457 e. The summed E-state index contributed by atoms with van der Waals surface area (Å²) in [5, 5.41) is 0.933. The molecule has 0 saturated carbocycles. The maximum atomic E-state index is 14.0. The van der Waals surface area contributed by atoms with Crippen LogP contribution in [0, 0.1) is 0 Å². The van der Waals surface area contributed by atoms with Gasteiger partial charge in [0.05, 0.1) is 40.1 Å². The average molecular weight is 717 g/mol. The smallest absolute Gasteiger partial charge is 0.356 e. The second-order valence-corrected chi connectivity index (χ2v) is 12.8. The number of para-hydroxylation sites is 1. The minimum atomic E-state index is -1.96. The van der Waals surface area contributed by atoms with Crippen molar-refractivity contribution < 1.29 is 38.3 Å². The van der Waals surface area contributed by atoms with Crippen molar-refractivity contribution in [1.29, 1.82) is 0 Å². The number of hydrogen-bond donors (Lipinski definition) is 2. The van der Waals surface area contributed by atoms with Crippen LogP contribution in [0.5, 0.6) is 0 Å². The number of fused-ring (bicyclic) bond motifs is 5. The quantitative estimate of drug-likeness (QED) is 0.0721. The van der Waals surface area contributed by atoms with Crippen molar-refractivity contribution in [1.82, 2.24) is 20.5 Å². The number of cyclic esters (lactones) is 1. The number of esters is 2. The molecule has 2 aliphatic rings. The molecule has 0 radical (unpaired) electrons. The van der Waals surface area contributed by atoms with Crippen LogP contribution in [0.2, 0.25) is 0 Å². The summed E-state index contributed by atoms with van der Waals surface area (Å²) in [6.45, 7) is 1.94. The molecule has 0 saturated heterocycles. The summed E-state index contributed by atoms with van der Waals surface area (Å²) in [5.74, 6) is -2.98. The highest BCUT2D eigenvalue weighted by Gasteiger charge is 2.51. The molecule has 53 heavy (non-hydrogen) atoms. The number of hydrogen-bond acceptors (Lipinski definition) is 12. The molecule has 0 aliphatic carbocycles. The molecule has 5 aromatic rings. The van der Waals surface area contributed by atoms with Crippen molar-refractivity contribution in [2.24, 2.45) is 0 Å². The third kappa shape index (κ3) is 7.04. The summed E-state index contributed by atoms with van der Waals surface area (Å²) < 4.78 is 13.2. The van der Waals surface area contributed by atoms with Gasteiger partial charge >= 0.3 is 23.9 Å². The highest BCUT2D eigenvalue weighted by Crippen LogP contribution is 2.41. The molecule has 4 heterocycles. The number of pyridine rings is 2. The van der Waals surface area contributed by atoms with Crippen LogP contribution in [0.3, 0.4) is 0 Å². The third-order valence-corrected chi connectivity index (χ3v) is 9.44. The number of carbonyl (C=O) groups is 4. The van der Waals surface area contributed by atoms with E-state index in [4.69, 9.17) is 24.1 Å². The average Bonchev–Trinajstić information content (AvgIpc) is 3.55. The Kier molecular flexibility index (Phi) is 10.1. The van der Waals surface area contributed by atoms with E-state index in [1.807, 2.05) is 30.3 Å². The zero-order chi connectivity index (χ0) is 37.0. The molecule has 13 heteroatoms. The van der Waals surface area contributed by atoms with Gasteiger partial charge in [0.25, 0.3) is 5.56 Å². The number of carbonyl (C=O) groups excluding carboxylic acids is 4. The molecule has 7 rings (SSSR count). The zero-order valence-corrected chi connectivity index (χ0v) is 28.8. The molecule has 270 valence electrons. The van der Waals surface area contributed by atoms with E-state index in [0.717, 1.165) is 16.5 Å². The van der Waals surface area contributed by atoms with Gasteiger partial charge in [-0.15, -0.1) is 5.48 Å². The van der Waals surface area contributed by atoms with Crippen LogP contribution in [0.15, 0.2) is 102 Å². The van der Waals surface area contributed by atoms with Crippen LogP contribution < -0.4 is 16.5 Å². The normalized spacial score (nSPS) is 16.1. The van der Waals surface area contributed by atoms with Crippen molar-refractivity contribution in [3.8, 4) is 11.4 Å². The summed E-state index contributed by atoms with van der Waals surface area (Å²) in [5.41, 5.74) is 6.63. The van der Waals surface area contributed by atoms with Crippen molar-refractivity contribution >= 4 is 34.8 Å². The van der Waals surface area contributed by atoms with Crippen LogP contribution in [0.1, 0.15) is 70.0 Å². The van der Waals surface area contributed by atoms with E-state index in [2.05, 4.69) is 11.0 Å². The monoisotopic (exact) mass is 716 g/mol. The fourth-order valence-electron chi connectivity index (χ4n) is 6.60. The zero-order valence-electron chi connectivity index (χ0n) is 28.8. The van der Waals surface area contributed by atoms with E-state index in [1.165, 1.54) is 0 Å². The van der Waals surface area contributed by atoms with Crippen molar-refractivity contribution in [2.45, 2.75) is 57.4 Å². The van der Waals surface area contributed by atoms with E-state index in [-0.39, 0.29) is 48.2 Å². The van der Waals surface area contributed by atoms with Crippen molar-refractivity contribution in [2.75, 3.05) is 6.54 Å². The Morgan fingerprint density at radius 3 is 2.28 bits per heavy atom. The summed E-state index contributed by atoms with van der Waals surface area (Å²) >= 11 is 0. The molecule has 2 aliphatic heterocycles. The molecule has 0 amide bonds. The first kappa shape index (κ1) is 35.2. The molecule has 0 fully saturated rings. The Balaban J connectivity index is 1.11. The fraction of sp³-hybridized carbons (Fsp3) is 0.250. The van der Waals surface area contributed by atoms with Gasteiger partial charge in [0, 0.05) is 23.1 Å². The number of benzene rings is 3. The Bertz CT molecular complexity index is 2260. The summed E-state index contributed by atoms with van der Waals surface area (Å²) in [4.78, 5) is 82.0. The SMILES string of the molecule is CC[C@@]1(OC(=O)[C@H](CCCCNOC(=O)c2ccccc2)NOC(=O)c2ccccc2)C(=O)OCc2c1cc1n(c2=O)Cc2cc3ccccc3nc2-1. The Hall–Kier alpha value is -6.18. The minimum Gasteiger partial charge on any atom is -0.457 e. The highest BCUT2D eigenvalue weighted by atomic mass is 16.7. The van der Waals surface area contributed by atoms with Gasteiger partial charge in [-0.3, -0.25) is 9.59 Å². The predicted octanol–water partition coefficient (Wildman–Crippen LogP) is 4.89. The summed E-state index contributed by atoms with van der Waals surface area (Å²) in [6, 6.07) is 26.8. The van der Waals surface area contributed by atoms with Gasteiger partial charge in [-0.05, 0) is 68.1 Å². The maximum Gasteiger partial charge on any atom is 0.356 e. The Morgan fingerprint density at radius 2 is 1.57 bits per heavy atom. The molecular formula is C40H36N4O9. The fourth-order valence-corrected chi connectivity index (χ4v) is 6.60. The molecule has 0 unspecified atom stereocenters. The molecule has 13 nitrogen and oxygen atoms in total. The number of nitrogens with zero attached hydrogens (tertiary/aromatic N) is 2. The lowest BCUT2D eigenvalue weighted by Gasteiger charge is -2.36. The lowest BCUT2D eigenvalue weighted by molar-refractivity contribution is -0.192. The van der Waals surface area contributed by atoms with Gasteiger partial charge < -0.3 is 23.7 Å². The lowest BCUT2D eigenvalue weighted by Crippen LogP contribution is -2.50. The number of unbranched alkanes of at least 4 members (excludes halogenated alkanes) is 1. The molecule has 0 bridgehead atoms. The van der Waals surface area contributed by atoms with Gasteiger partial charge in [-0.1, -0.05) is 61.5 Å². The molecule has 3 aromatic carbocycles. The second-order valence-electron chi connectivity index (χ2n) is 12.8. The molecular weight excluding hydrogens is 680 g/mol. The first-order valence-electron chi connectivity index (χ1n) is 17.4. The Labute approximate surface area is 303 Å². The van der Waals surface area contributed by atoms with Gasteiger partial charge in [0.15, 0.2) is 0 Å². The van der Waals surface area contributed by atoms with Crippen LogP contribution in [-0.2, 0) is 47.5 Å². The molecule has 2 atom stereocenters. The van der Waals surface area contributed by atoms with Crippen molar-refractivity contribution in [3.05, 3.63) is 135 Å². The highest BCUT2D eigenvalue weighted by molar-refractivity contribution is 5.91. The number of ether oxygens (including phenoxy) is 2. The maximum absolute atomic E-state index is 14.0. The topological polar surface area (TPSA) is 164 Å². The van der Waals surface area contributed by atoms with E-state index in [0.29, 0.717) is 36.3 Å². The molecule has 2 aromatic heterocycles. The van der Waals surface area contributed by atoms with Crippen molar-refractivity contribution in [3.63, 3.8) is 0 Å². The molecule has 0 spiro atoms. The number of nitrogens with one attached hydrogen (secondary N) is 2. The van der Waals surface area contributed by atoms with Crippen LogP contribution in [-0.4, -0.2) is 46.0 Å². The summed E-state index contributed by atoms with van der Waals surface area (Å²) in [7, 11) is 0. The Morgan fingerprint density at radius 1 is 0.887 bits per heavy atom. The van der Waals surface area contributed by atoms with Gasteiger partial charge in [-0.25, -0.2) is 19.4 Å². The lowest BCUT2D eigenvalue weighted by atomic mass is 9.85. The third-order valence-electron chi connectivity index (χ3n) is 9.44. The van der Waals surface area contributed by atoms with E-state index < -0.39 is 35.5 Å². The number of hydroxylamine groups is 2. The first-order valence-corrected chi connectivity index (χ1v) is 17.4. The summed E-state index contributed by atoms with van der Waals surface area (Å²) in [6.07, 6.45) is 0.901. The predicted molar refractivity (Wildman–Crippen MR) is 191 cm³/mol. The number of rotatable bonds is 13. The first-order chi connectivity index (χ1) is 25.8. The van der Waals surface area contributed by atoms with Crippen LogP contribution >= 0.6 is 0 Å². The van der Waals surface area contributed by atoms with Gasteiger partial charge in [-0.2, -0.15) is 5.48 Å². The standard InChI is InChI=1S/C40H36N4O9/c1-2-40(30-22-33-34-28(21-27-17-9-10-18-31(27)42-34)23-44(33)35(45)29(30)24-50-39(40)49)51-38(48)32(43-53-37(47)26-15-7-4-8-16-26)19-11-12-20-41-52-36(46)25-13-5-3-6-14-25/h3-10,13-18,21-22,32,41,43H,2,11-12,19-20,23-24H2,1H3/t32-,40-/m0/s1. The van der Waals surface area contributed by atoms with Crippen LogP contribution in [0.25, 0.3) is 22.3 Å². The number of aromatic nitrogens is 2. The molecule has 2 N–H and O–H groups in total. The second kappa shape index (κ2) is 15.2.